The Labute approximate surface area is 141 Å². The van der Waals surface area contributed by atoms with Crippen molar-refractivity contribution in [2.45, 2.75) is 25.8 Å². The van der Waals surface area contributed by atoms with Gasteiger partial charge < -0.3 is 14.6 Å². The summed E-state index contributed by atoms with van der Waals surface area (Å²) in [5.41, 5.74) is 1.55. The van der Waals surface area contributed by atoms with Gasteiger partial charge in [-0.15, -0.1) is 0 Å². The lowest BCUT2D eigenvalue weighted by Crippen LogP contribution is -2.45. The van der Waals surface area contributed by atoms with Crippen LogP contribution in [0.15, 0.2) is 28.7 Å². The van der Waals surface area contributed by atoms with Gasteiger partial charge in [0.2, 0.25) is 0 Å². The van der Waals surface area contributed by atoms with E-state index < -0.39 is 0 Å². The second-order valence-electron chi connectivity index (χ2n) is 6.19. The van der Waals surface area contributed by atoms with Crippen molar-refractivity contribution in [3.63, 3.8) is 0 Å². The maximum absolute atomic E-state index is 12.5. The molecule has 1 aliphatic heterocycles. The van der Waals surface area contributed by atoms with Crippen molar-refractivity contribution in [2.24, 2.45) is 0 Å². The number of hydrogen-bond donors (Lipinski definition) is 1. The number of hydrogen-bond acceptors (Lipinski definition) is 4. The van der Waals surface area contributed by atoms with Gasteiger partial charge in [-0.1, -0.05) is 0 Å². The Hall–Kier alpha value is -1.46. The number of rotatable bonds is 5. The van der Waals surface area contributed by atoms with Crippen LogP contribution in [0, 0.1) is 6.92 Å². The molecule has 0 atom stereocenters. The predicted octanol–water partition coefficient (Wildman–Crippen LogP) is 3.30. The first-order valence-electron chi connectivity index (χ1n) is 8.18. The van der Waals surface area contributed by atoms with Crippen LogP contribution in [0.25, 0.3) is 11.0 Å². The molecule has 1 aromatic heterocycles. The quantitative estimate of drug-likeness (QED) is 0.912. The Morgan fingerprint density at radius 2 is 2.13 bits per heavy atom. The minimum absolute atomic E-state index is 0.0216. The second kappa shape index (κ2) is 7.41. The van der Waals surface area contributed by atoms with Crippen molar-refractivity contribution in [1.82, 2.24) is 10.2 Å². The van der Waals surface area contributed by atoms with Crippen molar-refractivity contribution in [3.8, 4) is 0 Å². The smallest absolute Gasteiger partial charge is 0.251 e. The van der Waals surface area contributed by atoms with Gasteiger partial charge in [-0.25, -0.2) is 0 Å². The first-order chi connectivity index (χ1) is 11.2. The Kier molecular flexibility index (Phi) is 5.28. The number of aryl methyl sites for hydroxylation is 1. The van der Waals surface area contributed by atoms with Crippen LogP contribution in [-0.2, 0) is 0 Å². The molecule has 23 heavy (non-hydrogen) atoms. The molecule has 1 saturated heterocycles. The number of nitrogens with zero attached hydrogens (tertiary/aromatic N) is 1. The highest BCUT2D eigenvalue weighted by atomic mass is 32.2. The number of carbonyl (C=O) groups is 1. The van der Waals surface area contributed by atoms with E-state index in [4.69, 9.17) is 4.42 Å². The molecule has 0 radical (unpaired) electrons. The minimum Gasteiger partial charge on any atom is -0.461 e. The maximum atomic E-state index is 12.5. The van der Waals surface area contributed by atoms with Crippen LogP contribution in [0.2, 0.25) is 0 Å². The van der Waals surface area contributed by atoms with Crippen LogP contribution < -0.4 is 5.32 Å². The molecule has 0 spiro atoms. The van der Waals surface area contributed by atoms with Crippen LogP contribution >= 0.6 is 11.8 Å². The maximum Gasteiger partial charge on any atom is 0.251 e. The second-order valence-corrected chi connectivity index (χ2v) is 7.18. The highest BCUT2D eigenvalue weighted by Gasteiger charge is 2.21. The highest BCUT2D eigenvalue weighted by molar-refractivity contribution is 7.98. The summed E-state index contributed by atoms with van der Waals surface area (Å²) < 4.78 is 5.56. The van der Waals surface area contributed by atoms with Gasteiger partial charge in [0.05, 0.1) is 0 Å². The third-order valence-corrected chi connectivity index (χ3v) is 5.03. The van der Waals surface area contributed by atoms with Crippen LogP contribution in [0.1, 0.15) is 29.0 Å². The SMILES string of the molecule is CSCCN1CCC(NC(=O)c2ccc3oc(C)cc3c2)CC1. The fourth-order valence-corrected chi connectivity index (χ4v) is 3.55. The van der Waals surface area contributed by atoms with E-state index in [1.807, 2.05) is 43.0 Å². The molecule has 1 fully saturated rings. The Morgan fingerprint density at radius 1 is 1.35 bits per heavy atom. The molecule has 1 aliphatic rings. The number of likely N-dealkylation sites (tertiary alicyclic amines) is 1. The van der Waals surface area contributed by atoms with Gasteiger partial charge in [-0.05, 0) is 50.3 Å². The lowest BCUT2D eigenvalue weighted by atomic mass is 10.0. The topological polar surface area (TPSA) is 45.5 Å². The van der Waals surface area contributed by atoms with Gasteiger partial charge in [0.15, 0.2) is 0 Å². The summed E-state index contributed by atoms with van der Waals surface area (Å²) in [6.07, 6.45) is 4.21. The molecule has 0 unspecified atom stereocenters. The molecule has 0 bridgehead atoms. The fraction of sp³-hybridized carbons (Fsp3) is 0.500. The molecule has 124 valence electrons. The lowest BCUT2D eigenvalue weighted by Gasteiger charge is -2.32. The number of fused-ring (bicyclic) bond motifs is 1. The number of amides is 1. The molecule has 5 heteroatoms. The molecular weight excluding hydrogens is 308 g/mol. The van der Waals surface area contributed by atoms with Crippen molar-refractivity contribution in [2.75, 3.05) is 31.6 Å². The molecule has 4 nitrogen and oxygen atoms in total. The van der Waals surface area contributed by atoms with Crippen molar-refractivity contribution in [3.05, 3.63) is 35.6 Å². The minimum atomic E-state index is 0.0216. The van der Waals surface area contributed by atoms with Gasteiger partial charge in [0.1, 0.15) is 11.3 Å². The molecule has 0 aliphatic carbocycles. The van der Waals surface area contributed by atoms with E-state index in [0.29, 0.717) is 5.56 Å². The van der Waals surface area contributed by atoms with Gasteiger partial charge in [-0.3, -0.25) is 4.79 Å². The average molecular weight is 332 g/mol. The summed E-state index contributed by atoms with van der Waals surface area (Å²) in [6.45, 7) is 5.22. The van der Waals surface area contributed by atoms with Crippen molar-refractivity contribution < 1.29 is 9.21 Å². The normalized spacial score (nSPS) is 16.8. The van der Waals surface area contributed by atoms with E-state index in [1.54, 1.807) is 0 Å². The molecular formula is C18H24N2O2S. The molecule has 1 N–H and O–H groups in total. The number of carbonyl (C=O) groups excluding carboxylic acids is 1. The fourth-order valence-electron chi connectivity index (χ4n) is 3.11. The Balaban J connectivity index is 1.56. The molecule has 3 rings (SSSR count). The average Bonchev–Trinajstić information content (AvgIpc) is 2.93. The van der Waals surface area contributed by atoms with Crippen molar-refractivity contribution in [1.29, 1.82) is 0 Å². The number of thioether (sulfide) groups is 1. The van der Waals surface area contributed by atoms with Crippen LogP contribution in [0.4, 0.5) is 0 Å². The third kappa shape index (κ3) is 4.09. The van der Waals surface area contributed by atoms with Gasteiger partial charge in [0, 0.05) is 42.4 Å². The van der Waals surface area contributed by atoms with Gasteiger partial charge in [-0.2, -0.15) is 11.8 Å². The van der Waals surface area contributed by atoms with Gasteiger partial charge in [0.25, 0.3) is 5.91 Å². The van der Waals surface area contributed by atoms with Crippen LogP contribution in [-0.4, -0.2) is 48.5 Å². The van der Waals surface area contributed by atoms with Gasteiger partial charge >= 0.3 is 0 Å². The summed E-state index contributed by atoms with van der Waals surface area (Å²) in [4.78, 5) is 14.9. The highest BCUT2D eigenvalue weighted by Crippen LogP contribution is 2.20. The number of nitrogens with one attached hydrogen (secondary N) is 1. The Morgan fingerprint density at radius 3 is 2.87 bits per heavy atom. The van der Waals surface area contributed by atoms with Crippen LogP contribution in [0.3, 0.4) is 0 Å². The zero-order chi connectivity index (χ0) is 16.2. The Bertz CT molecular complexity index is 675. The number of furan rings is 1. The molecule has 1 aromatic carbocycles. The molecule has 0 saturated carbocycles. The summed E-state index contributed by atoms with van der Waals surface area (Å²) >= 11 is 1.89. The summed E-state index contributed by atoms with van der Waals surface area (Å²) in [5.74, 6) is 2.07. The third-order valence-electron chi connectivity index (χ3n) is 4.44. The van der Waals surface area contributed by atoms with E-state index in [1.165, 1.54) is 5.75 Å². The van der Waals surface area contributed by atoms with E-state index in [9.17, 15) is 4.79 Å². The standard InChI is InChI=1S/C18H24N2O2S/c1-13-11-15-12-14(3-4-17(15)22-13)18(21)19-16-5-7-20(8-6-16)9-10-23-2/h3-4,11-12,16H,5-10H2,1-2H3,(H,19,21). The van der Waals surface area contributed by atoms with Crippen molar-refractivity contribution >= 4 is 28.6 Å². The predicted molar refractivity (Wildman–Crippen MR) is 96.3 cm³/mol. The van der Waals surface area contributed by atoms with Crippen LogP contribution in [0.5, 0.6) is 0 Å². The monoisotopic (exact) mass is 332 g/mol. The summed E-state index contributed by atoms with van der Waals surface area (Å²) in [5, 5.41) is 4.17. The van der Waals surface area contributed by atoms with E-state index in [0.717, 1.165) is 49.2 Å². The molecule has 2 heterocycles. The lowest BCUT2D eigenvalue weighted by molar-refractivity contribution is 0.0913. The summed E-state index contributed by atoms with van der Waals surface area (Å²) in [6, 6.07) is 7.89. The zero-order valence-corrected chi connectivity index (χ0v) is 14.6. The largest absolute Gasteiger partial charge is 0.461 e. The summed E-state index contributed by atoms with van der Waals surface area (Å²) in [7, 11) is 0. The van der Waals surface area contributed by atoms with E-state index >= 15 is 0 Å². The first kappa shape index (κ1) is 16.4. The van der Waals surface area contributed by atoms with E-state index in [-0.39, 0.29) is 11.9 Å². The molecule has 2 aromatic rings. The number of piperidine rings is 1. The first-order valence-corrected chi connectivity index (χ1v) is 9.57. The molecule has 1 amide bonds. The van der Waals surface area contributed by atoms with E-state index in [2.05, 4.69) is 16.5 Å². The zero-order valence-electron chi connectivity index (χ0n) is 13.8. The number of benzene rings is 1.